The smallest absolute Gasteiger partial charge is 0.343 e. The Morgan fingerprint density at radius 1 is 1.00 bits per heavy atom. The lowest BCUT2D eigenvalue weighted by Crippen LogP contribution is -2.24. The second-order valence-electron chi connectivity index (χ2n) is 6.21. The number of nitro groups is 1. The average molecular weight is 374 g/mol. The standard InChI is InChI=1S/C21H14N2O5/c24-20-17-9-2-1-6-15(17)13-22(20)18-10-3-4-11-19(18)28-21(25)14-7-5-8-16(12-14)23(26)27/h1-12H,13H2. The molecule has 0 aromatic heterocycles. The summed E-state index contributed by atoms with van der Waals surface area (Å²) in [4.78, 5) is 37.1. The van der Waals surface area contributed by atoms with Gasteiger partial charge < -0.3 is 9.64 Å². The molecule has 0 atom stereocenters. The molecule has 1 amide bonds. The molecule has 1 heterocycles. The molecule has 0 saturated heterocycles. The zero-order valence-corrected chi connectivity index (χ0v) is 14.6. The maximum Gasteiger partial charge on any atom is 0.343 e. The van der Waals surface area contributed by atoms with E-state index >= 15 is 0 Å². The van der Waals surface area contributed by atoms with Gasteiger partial charge in [0.2, 0.25) is 0 Å². The van der Waals surface area contributed by atoms with Crippen LogP contribution in [0.3, 0.4) is 0 Å². The Kier molecular flexibility index (Phi) is 4.33. The predicted octanol–water partition coefficient (Wildman–Crippen LogP) is 3.97. The van der Waals surface area contributed by atoms with Crippen LogP contribution in [0.4, 0.5) is 11.4 Å². The number of esters is 1. The van der Waals surface area contributed by atoms with Gasteiger partial charge in [-0.25, -0.2) is 4.79 Å². The summed E-state index contributed by atoms with van der Waals surface area (Å²) in [7, 11) is 0. The topological polar surface area (TPSA) is 89.8 Å². The number of anilines is 1. The van der Waals surface area contributed by atoms with Crippen molar-refractivity contribution in [2.75, 3.05) is 4.90 Å². The van der Waals surface area contributed by atoms with Crippen LogP contribution in [0.25, 0.3) is 0 Å². The van der Waals surface area contributed by atoms with Gasteiger partial charge in [0.15, 0.2) is 5.75 Å². The van der Waals surface area contributed by atoms with Crippen LogP contribution in [0.2, 0.25) is 0 Å². The van der Waals surface area contributed by atoms with Gasteiger partial charge in [0.25, 0.3) is 11.6 Å². The van der Waals surface area contributed by atoms with Crippen molar-refractivity contribution in [3.63, 3.8) is 0 Å². The van der Waals surface area contributed by atoms with E-state index in [-0.39, 0.29) is 22.9 Å². The minimum absolute atomic E-state index is 0.0556. The number of benzene rings is 3. The van der Waals surface area contributed by atoms with Crippen molar-refractivity contribution >= 4 is 23.3 Å². The van der Waals surface area contributed by atoms with Crippen LogP contribution in [-0.4, -0.2) is 16.8 Å². The van der Waals surface area contributed by atoms with Crippen molar-refractivity contribution in [1.29, 1.82) is 0 Å². The summed E-state index contributed by atoms with van der Waals surface area (Å²) in [6, 6.07) is 19.3. The molecule has 138 valence electrons. The zero-order chi connectivity index (χ0) is 19.7. The minimum Gasteiger partial charge on any atom is -0.421 e. The summed E-state index contributed by atoms with van der Waals surface area (Å²) >= 11 is 0. The summed E-state index contributed by atoms with van der Waals surface area (Å²) in [5, 5.41) is 10.9. The zero-order valence-electron chi connectivity index (χ0n) is 14.6. The highest BCUT2D eigenvalue weighted by Crippen LogP contribution is 2.35. The lowest BCUT2D eigenvalue weighted by molar-refractivity contribution is -0.384. The van der Waals surface area contributed by atoms with Crippen LogP contribution in [0, 0.1) is 10.1 Å². The first-order valence-corrected chi connectivity index (χ1v) is 8.50. The molecule has 0 bridgehead atoms. The second kappa shape index (κ2) is 6.96. The van der Waals surface area contributed by atoms with Crippen LogP contribution >= 0.6 is 0 Å². The molecule has 1 aliphatic rings. The Morgan fingerprint density at radius 3 is 2.54 bits per heavy atom. The monoisotopic (exact) mass is 374 g/mol. The maximum absolute atomic E-state index is 12.7. The number of rotatable bonds is 4. The van der Waals surface area contributed by atoms with E-state index in [2.05, 4.69) is 0 Å². The number of nitrogens with zero attached hydrogens (tertiary/aromatic N) is 2. The molecule has 28 heavy (non-hydrogen) atoms. The van der Waals surface area contributed by atoms with E-state index in [1.54, 1.807) is 41.3 Å². The highest BCUT2D eigenvalue weighted by molar-refractivity contribution is 6.10. The van der Waals surface area contributed by atoms with Crippen LogP contribution in [0.5, 0.6) is 5.75 Å². The van der Waals surface area contributed by atoms with Gasteiger partial charge in [0.1, 0.15) is 0 Å². The van der Waals surface area contributed by atoms with E-state index in [0.717, 1.165) is 11.6 Å². The van der Waals surface area contributed by atoms with Crippen molar-refractivity contribution < 1.29 is 19.2 Å². The van der Waals surface area contributed by atoms with Gasteiger partial charge in [-0.3, -0.25) is 14.9 Å². The Bertz CT molecular complexity index is 1110. The molecule has 3 aromatic rings. The van der Waals surface area contributed by atoms with Gasteiger partial charge in [0.05, 0.1) is 22.7 Å². The van der Waals surface area contributed by atoms with E-state index in [4.69, 9.17) is 4.74 Å². The first-order valence-electron chi connectivity index (χ1n) is 8.50. The third-order valence-corrected chi connectivity index (χ3v) is 4.47. The number of nitro benzene ring substituents is 1. The van der Waals surface area contributed by atoms with Crippen LogP contribution < -0.4 is 9.64 Å². The van der Waals surface area contributed by atoms with Crippen LogP contribution in [0.1, 0.15) is 26.3 Å². The third-order valence-electron chi connectivity index (χ3n) is 4.47. The molecule has 7 heteroatoms. The second-order valence-corrected chi connectivity index (χ2v) is 6.21. The number of carbonyl (C=O) groups excluding carboxylic acids is 2. The molecule has 0 unspecified atom stereocenters. The van der Waals surface area contributed by atoms with Gasteiger partial charge in [-0.15, -0.1) is 0 Å². The van der Waals surface area contributed by atoms with Gasteiger partial charge in [-0.05, 0) is 29.8 Å². The molecule has 0 spiro atoms. The molecule has 0 fully saturated rings. The van der Waals surface area contributed by atoms with Gasteiger partial charge >= 0.3 is 5.97 Å². The Morgan fingerprint density at radius 2 is 1.75 bits per heavy atom. The molecular weight excluding hydrogens is 360 g/mol. The molecule has 4 rings (SSSR count). The maximum atomic E-state index is 12.7. The number of para-hydroxylation sites is 2. The first kappa shape index (κ1) is 17.4. The number of carbonyl (C=O) groups is 2. The van der Waals surface area contributed by atoms with Crippen LogP contribution in [-0.2, 0) is 6.54 Å². The highest BCUT2D eigenvalue weighted by atomic mass is 16.6. The number of ether oxygens (including phenoxy) is 1. The summed E-state index contributed by atoms with van der Waals surface area (Å²) in [6.45, 7) is 0.375. The summed E-state index contributed by atoms with van der Waals surface area (Å²) in [5.41, 5.74) is 1.82. The number of non-ortho nitro benzene ring substituents is 1. The minimum atomic E-state index is -0.736. The van der Waals surface area contributed by atoms with Gasteiger partial charge in [-0.2, -0.15) is 0 Å². The Labute approximate surface area is 159 Å². The van der Waals surface area contributed by atoms with E-state index in [9.17, 15) is 19.7 Å². The fourth-order valence-corrected chi connectivity index (χ4v) is 3.12. The third kappa shape index (κ3) is 3.09. The Balaban J connectivity index is 1.63. The van der Waals surface area contributed by atoms with E-state index in [1.807, 2.05) is 12.1 Å². The largest absolute Gasteiger partial charge is 0.421 e. The predicted molar refractivity (Wildman–Crippen MR) is 101 cm³/mol. The molecule has 1 aliphatic heterocycles. The molecular formula is C21H14N2O5. The van der Waals surface area contributed by atoms with Gasteiger partial charge in [0, 0.05) is 17.7 Å². The summed E-state index contributed by atoms with van der Waals surface area (Å²) in [5.74, 6) is -0.699. The SMILES string of the molecule is O=C(Oc1ccccc1N1Cc2ccccc2C1=O)c1cccc([N+](=O)[O-])c1. The highest BCUT2D eigenvalue weighted by Gasteiger charge is 2.30. The molecule has 0 saturated carbocycles. The number of hydrogen-bond donors (Lipinski definition) is 0. The fourth-order valence-electron chi connectivity index (χ4n) is 3.12. The van der Waals surface area contributed by atoms with E-state index in [1.165, 1.54) is 18.2 Å². The lowest BCUT2D eigenvalue weighted by Gasteiger charge is -2.19. The first-order chi connectivity index (χ1) is 13.5. The van der Waals surface area contributed by atoms with Crippen molar-refractivity contribution in [3.8, 4) is 5.75 Å². The Hall–Kier alpha value is -4.00. The molecule has 0 aliphatic carbocycles. The van der Waals surface area contributed by atoms with Crippen molar-refractivity contribution in [2.24, 2.45) is 0 Å². The average Bonchev–Trinajstić information content (AvgIpc) is 3.05. The summed E-state index contributed by atoms with van der Waals surface area (Å²) in [6.07, 6.45) is 0. The quantitative estimate of drug-likeness (QED) is 0.298. The van der Waals surface area contributed by atoms with Crippen LogP contribution in [0.15, 0.2) is 72.8 Å². The number of amides is 1. The molecule has 3 aromatic carbocycles. The molecule has 7 nitrogen and oxygen atoms in total. The van der Waals surface area contributed by atoms with Crippen molar-refractivity contribution in [3.05, 3.63) is 99.6 Å². The normalized spacial score (nSPS) is 12.6. The molecule has 0 radical (unpaired) electrons. The van der Waals surface area contributed by atoms with Crippen molar-refractivity contribution in [1.82, 2.24) is 0 Å². The number of fused-ring (bicyclic) bond motifs is 1. The fraction of sp³-hybridized carbons (Fsp3) is 0.0476. The summed E-state index contributed by atoms with van der Waals surface area (Å²) < 4.78 is 5.47. The van der Waals surface area contributed by atoms with E-state index in [0.29, 0.717) is 17.8 Å². The number of hydrogen-bond acceptors (Lipinski definition) is 5. The molecule has 0 N–H and O–H groups in total. The van der Waals surface area contributed by atoms with Crippen molar-refractivity contribution in [2.45, 2.75) is 6.54 Å². The lowest BCUT2D eigenvalue weighted by atomic mass is 10.1. The van der Waals surface area contributed by atoms with E-state index < -0.39 is 10.9 Å². The van der Waals surface area contributed by atoms with Gasteiger partial charge in [-0.1, -0.05) is 36.4 Å².